The van der Waals surface area contributed by atoms with Crippen molar-refractivity contribution in [3.8, 4) is 0 Å². The largest absolute Gasteiger partial charge is 2.00 e. The summed E-state index contributed by atoms with van der Waals surface area (Å²) in [5, 5.41) is 0. The molecular weight excluding hydrogens is 317 g/mol. The van der Waals surface area contributed by atoms with Crippen LogP contribution in [0.1, 0.15) is 55.4 Å². The minimum atomic E-state index is 0. The van der Waals surface area contributed by atoms with Crippen LogP contribution in [-0.2, 0) is 19.5 Å². The molecular formula is C18H30Ru. The van der Waals surface area contributed by atoms with Gasteiger partial charge in [0, 0.05) is 0 Å². The Hall–Kier alpha value is -0.417. The van der Waals surface area contributed by atoms with E-state index in [9.17, 15) is 0 Å². The molecule has 1 heteroatoms. The standard InChI is InChI=1S/2C9H15.Ru/c2*1-5-6-7-8-9(2,3)4;/h2*5-7H,1-4H3;/q2*-1;+2. The van der Waals surface area contributed by atoms with Gasteiger partial charge in [0.1, 0.15) is 0 Å². The van der Waals surface area contributed by atoms with E-state index in [1.807, 2.05) is 50.3 Å². The van der Waals surface area contributed by atoms with Crippen LogP contribution in [0, 0.1) is 23.0 Å². The van der Waals surface area contributed by atoms with Gasteiger partial charge >= 0.3 is 19.5 Å². The second-order valence-electron chi connectivity index (χ2n) is 6.17. The molecule has 0 amide bonds. The Morgan fingerprint density at radius 1 is 0.632 bits per heavy atom. The third-order valence-electron chi connectivity index (χ3n) is 1.61. The third kappa shape index (κ3) is 31.8. The average Bonchev–Trinajstić information content (AvgIpc) is 2.16. The van der Waals surface area contributed by atoms with Gasteiger partial charge in [0.15, 0.2) is 0 Å². The topological polar surface area (TPSA) is 0 Å². The van der Waals surface area contributed by atoms with Crippen LogP contribution in [0.5, 0.6) is 0 Å². The van der Waals surface area contributed by atoms with Gasteiger partial charge in [-0.1, -0.05) is 66.2 Å². The fourth-order valence-corrected chi connectivity index (χ4v) is 0.789. The molecule has 0 rings (SSSR count). The first-order valence-electron chi connectivity index (χ1n) is 6.57. The Morgan fingerprint density at radius 3 is 1.05 bits per heavy atom. The van der Waals surface area contributed by atoms with E-state index in [2.05, 4.69) is 53.7 Å². The molecule has 0 atom stereocenters. The number of hydrogen-bond acceptors (Lipinski definition) is 0. The van der Waals surface area contributed by atoms with Crippen molar-refractivity contribution in [3.05, 3.63) is 48.6 Å². The Balaban J connectivity index is -0.000000256. The summed E-state index contributed by atoms with van der Waals surface area (Å²) in [6.45, 7) is 16.8. The predicted molar refractivity (Wildman–Crippen MR) is 84.2 cm³/mol. The molecule has 0 spiro atoms. The third-order valence-corrected chi connectivity index (χ3v) is 1.61. The van der Waals surface area contributed by atoms with Crippen LogP contribution >= 0.6 is 0 Å². The summed E-state index contributed by atoms with van der Waals surface area (Å²) >= 11 is 0. The molecule has 0 aliphatic rings. The van der Waals surface area contributed by atoms with E-state index in [0.717, 1.165) is 0 Å². The molecule has 0 aliphatic carbocycles. The number of hydrogen-bond donors (Lipinski definition) is 0. The van der Waals surface area contributed by atoms with Crippen LogP contribution in [0.2, 0.25) is 0 Å². The van der Waals surface area contributed by atoms with Crippen LogP contribution in [0.25, 0.3) is 0 Å². The van der Waals surface area contributed by atoms with Crippen LogP contribution in [0.4, 0.5) is 0 Å². The summed E-state index contributed by atoms with van der Waals surface area (Å²) in [6, 6.07) is 0. The number of allylic oxidation sites excluding steroid dienone is 8. The van der Waals surface area contributed by atoms with Crippen molar-refractivity contribution < 1.29 is 19.5 Å². The zero-order chi connectivity index (χ0) is 14.7. The zero-order valence-electron chi connectivity index (χ0n) is 13.8. The minimum Gasteiger partial charge on any atom is -0.270 e. The summed E-state index contributed by atoms with van der Waals surface area (Å²) < 4.78 is 0. The predicted octanol–water partition coefficient (Wildman–Crippen LogP) is 5.93. The Bertz CT molecular complexity index is 259. The Morgan fingerprint density at radius 2 is 0.895 bits per heavy atom. The molecule has 0 heterocycles. The van der Waals surface area contributed by atoms with Crippen LogP contribution < -0.4 is 0 Å². The van der Waals surface area contributed by atoms with Crippen molar-refractivity contribution in [2.75, 3.05) is 0 Å². The van der Waals surface area contributed by atoms with Crippen molar-refractivity contribution in [2.24, 2.45) is 10.8 Å². The normalized spacial score (nSPS) is 13.1. The zero-order valence-corrected chi connectivity index (χ0v) is 15.6. The van der Waals surface area contributed by atoms with E-state index in [4.69, 9.17) is 0 Å². The molecule has 0 N–H and O–H groups in total. The van der Waals surface area contributed by atoms with Crippen molar-refractivity contribution in [2.45, 2.75) is 55.4 Å². The molecule has 0 fully saturated rings. The maximum Gasteiger partial charge on any atom is 2.00 e. The van der Waals surface area contributed by atoms with Gasteiger partial charge in [0.25, 0.3) is 0 Å². The molecule has 0 nitrogen and oxygen atoms in total. The van der Waals surface area contributed by atoms with E-state index >= 15 is 0 Å². The molecule has 0 aromatic carbocycles. The first kappa shape index (κ1) is 23.7. The van der Waals surface area contributed by atoms with E-state index in [1.54, 1.807) is 0 Å². The van der Waals surface area contributed by atoms with Gasteiger partial charge in [-0.15, -0.1) is 0 Å². The molecule has 19 heavy (non-hydrogen) atoms. The summed E-state index contributed by atoms with van der Waals surface area (Å²) in [6.07, 6.45) is 18.3. The fourth-order valence-electron chi connectivity index (χ4n) is 0.789. The van der Waals surface area contributed by atoms with Crippen molar-refractivity contribution >= 4 is 0 Å². The van der Waals surface area contributed by atoms with Crippen LogP contribution in [0.3, 0.4) is 0 Å². The van der Waals surface area contributed by atoms with Crippen molar-refractivity contribution in [3.63, 3.8) is 0 Å². The summed E-state index contributed by atoms with van der Waals surface area (Å²) in [5.74, 6) is 0. The van der Waals surface area contributed by atoms with Gasteiger partial charge in [-0.3, -0.25) is 12.2 Å². The fraction of sp³-hybridized carbons (Fsp3) is 0.556. The van der Waals surface area contributed by atoms with Gasteiger partial charge in [-0.2, -0.15) is 12.2 Å². The first-order chi connectivity index (χ1) is 8.12. The minimum absolute atomic E-state index is 0. The quantitative estimate of drug-likeness (QED) is 0.330. The van der Waals surface area contributed by atoms with Gasteiger partial charge in [0.2, 0.25) is 0 Å². The molecule has 0 aliphatic heterocycles. The molecule has 0 unspecified atom stereocenters. The smallest absolute Gasteiger partial charge is 0.270 e. The molecule has 0 saturated heterocycles. The number of rotatable bonds is 2. The summed E-state index contributed by atoms with van der Waals surface area (Å²) in [5.41, 5.74) is 0.388. The molecule has 0 saturated carbocycles. The van der Waals surface area contributed by atoms with E-state index in [1.165, 1.54) is 0 Å². The molecule has 0 radical (unpaired) electrons. The van der Waals surface area contributed by atoms with E-state index in [0.29, 0.717) is 0 Å². The molecule has 0 aromatic rings. The Labute approximate surface area is 134 Å². The van der Waals surface area contributed by atoms with E-state index < -0.39 is 0 Å². The first-order valence-corrected chi connectivity index (χ1v) is 6.57. The van der Waals surface area contributed by atoms with Crippen molar-refractivity contribution in [1.29, 1.82) is 0 Å². The van der Waals surface area contributed by atoms with Gasteiger partial charge in [0.05, 0.1) is 0 Å². The second kappa shape index (κ2) is 12.6. The monoisotopic (exact) mass is 348 g/mol. The van der Waals surface area contributed by atoms with Gasteiger partial charge in [-0.05, 0) is 0 Å². The van der Waals surface area contributed by atoms with Gasteiger partial charge < -0.3 is 0 Å². The molecule has 0 aromatic heterocycles. The van der Waals surface area contributed by atoms with Crippen molar-refractivity contribution in [1.82, 2.24) is 0 Å². The Kier molecular flexibility index (Phi) is 15.7. The summed E-state index contributed by atoms with van der Waals surface area (Å²) in [7, 11) is 0. The molecule has 0 bridgehead atoms. The second-order valence-corrected chi connectivity index (χ2v) is 6.17. The van der Waals surface area contributed by atoms with E-state index in [-0.39, 0.29) is 30.3 Å². The molecule has 110 valence electrons. The van der Waals surface area contributed by atoms with Crippen LogP contribution in [0.15, 0.2) is 36.5 Å². The average molecular weight is 348 g/mol. The summed E-state index contributed by atoms with van der Waals surface area (Å²) in [4.78, 5) is 0. The maximum atomic E-state index is 3.21. The van der Waals surface area contributed by atoms with Crippen LogP contribution in [-0.4, -0.2) is 0 Å². The maximum absolute atomic E-state index is 3.21. The SMILES string of the molecule is CC=CC=[C-]C(C)(C)C.CC=CC=[C-]C(C)(C)C.[Ru+2]. The van der Waals surface area contributed by atoms with Gasteiger partial charge in [-0.25, -0.2) is 24.3 Å².